The van der Waals surface area contributed by atoms with Crippen LogP contribution >= 0.6 is 0 Å². The van der Waals surface area contributed by atoms with Gasteiger partial charge in [-0.3, -0.25) is 14.5 Å². The average Bonchev–Trinajstić information content (AvgIpc) is 1.98. The normalized spacial score (nSPS) is 9.00. The van der Waals surface area contributed by atoms with E-state index in [4.69, 9.17) is 4.74 Å². The Kier molecular flexibility index (Phi) is 4.49. The van der Waals surface area contributed by atoms with Crippen LogP contribution in [0.1, 0.15) is 6.92 Å². The Morgan fingerprint density at radius 1 is 1.70 bits per heavy atom. The maximum absolute atomic E-state index is 10.7. The fourth-order valence-electron chi connectivity index (χ4n) is 0.350. The van der Waals surface area contributed by atoms with Gasteiger partial charge in [-0.05, 0) is 6.92 Å². The maximum Gasteiger partial charge on any atom is 0.254 e. The third kappa shape index (κ3) is 3.19. The fraction of sp³-hybridized carbons (Fsp3) is 0.667. The van der Waals surface area contributed by atoms with Gasteiger partial charge in [-0.15, -0.1) is 0 Å². The molecule has 0 aliphatic rings. The highest BCUT2D eigenvalue weighted by atomic mass is 16.5. The molecule has 0 bridgehead atoms. The first-order valence-corrected chi connectivity index (χ1v) is 3.01. The molecule has 0 saturated heterocycles. The number of imide groups is 1. The van der Waals surface area contributed by atoms with Crippen molar-refractivity contribution >= 4 is 12.3 Å². The van der Waals surface area contributed by atoms with Crippen LogP contribution < -0.4 is 0 Å². The zero-order chi connectivity index (χ0) is 7.98. The minimum absolute atomic E-state index is 0.0221. The van der Waals surface area contributed by atoms with Gasteiger partial charge in [0.1, 0.15) is 6.61 Å². The number of rotatable bonds is 4. The first-order valence-electron chi connectivity index (χ1n) is 3.01. The van der Waals surface area contributed by atoms with Gasteiger partial charge in [-0.1, -0.05) is 0 Å². The summed E-state index contributed by atoms with van der Waals surface area (Å²) < 4.78 is 4.77. The quantitative estimate of drug-likeness (QED) is 0.507. The van der Waals surface area contributed by atoms with Gasteiger partial charge in [0.05, 0.1) is 0 Å². The molecule has 2 amide bonds. The van der Waals surface area contributed by atoms with Crippen LogP contribution in [0.5, 0.6) is 0 Å². The lowest BCUT2D eigenvalue weighted by Crippen LogP contribution is -2.28. The molecular formula is C6H11NO3. The minimum atomic E-state index is -0.322. The monoisotopic (exact) mass is 145 g/mol. The van der Waals surface area contributed by atoms with Gasteiger partial charge in [0.2, 0.25) is 6.41 Å². The Balaban J connectivity index is 3.51. The lowest BCUT2D eigenvalue weighted by Gasteiger charge is -2.07. The SMILES string of the molecule is CCOCC(=O)N(C)C=O. The van der Waals surface area contributed by atoms with Crippen LogP contribution in [0.2, 0.25) is 0 Å². The molecule has 4 heteroatoms. The first-order chi connectivity index (χ1) is 4.72. The van der Waals surface area contributed by atoms with Crippen LogP contribution in [0.3, 0.4) is 0 Å². The summed E-state index contributed by atoms with van der Waals surface area (Å²) >= 11 is 0. The Labute approximate surface area is 59.8 Å². The number of ether oxygens (including phenoxy) is 1. The van der Waals surface area contributed by atoms with Gasteiger partial charge in [0, 0.05) is 13.7 Å². The van der Waals surface area contributed by atoms with Crippen LogP contribution in [-0.2, 0) is 14.3 Å². The summed E-state index contributed by atoms with van der Waals surface area (Å²) in [4.78, 5) is 21.6. The minimum Gasteiger partial charge on any atom is -0.372 e. The lowest BCUT2D eigenvalue weighted by atomic mass is 10.6. The maximum atomic E-state index is 10.7. The lowest BCUT2D eigenvalue weighted by molar-refractivity contribution is -0.140. The second-order valence-corrected chi connectivity index (χ2v) is 1.75. The topological polar surface area (TPSA) is 46.6 Å². The number of nitrogens with zero attached hydrogens (tertiary/aromatic N) is 1. The smallest absolute Gasteiger partial charge is 0.254 e. The molecule has 0 aromatic heterocycles. The molecule has 0 unspecified atom stereocenters. The van der Waals surface area contributed by atoms with Crippen molar-refractivity contribution in [3.63, 3.8) is 0 Å². The third-order valence-corrected chi connectivity index (χ3v) is 0.981. The molecule has 4 nitrogen and oxygen atoms in total. The number of hydrogen-bond donors (Lipinski definition) is 0. The van der Waals surface area contributed by atoms with Crippen molar-refractivity contribution in [2.75, 3.05) is 20.3 Å². The highest BCUT2D eigenvalue weighted by Crippen LogP contribution is 1.80. The largest absolute Gasteiger partial charge is 0.372 e. The summed E-state index contributed by atoms with van der Waals surface area (Å²) in [5.74, 6) is -0.322. The van der Waals surface area contributed by atoms with Crippen LogP contribution in [-0.4, -0.2) is 37.5 Å². The summed E-state index contributed by atoms with van der Waals surface area (Å²) in [5, 5.41) is 0. The van der Waals surface area contributed by atoms with Crippen LogP contribution in [0.25, 0.3) is 0 Å². The van der Waals surface area contributed by atoms with E-state index in [2.05, 4.69) is 0 Å². The Morgan fingerprint density at radius 3 is 2.70 bits per heavy atom. The molecule has 0 saturated carbocycles. The van der Waals surface area contributed by atoms with Crippen molar-refractivity contribution in [3.8, 4) is 0 Å². The average molecular weight is 145 g/mol. The predicted octanol–water partition coefficient (Wildman–Crippen LogP) is -0.362. The second-order valence-electron chi connectivity index (χ2n) is 1.75. The van der Waals surface area contributed by atoms with E-state index in [1.807, 2.05) is 0 Å². The van der Waals surface area contributed by atoms with Gasteiger partial charge < -0.3 is 4.74 Å². The summed E-state index contributed by atoms with van der Waals surface area (Å²) in [7, 11) is 1.40. The zero-order valence-corrected chi connectivity index (χ0v) is 6.16. The molecule has 0 aliphatic carbocycles. The summed E-state index contributed by atoms with van der Waals surface area (Å²) in [5.41, 5.74) is 0. The van der Waals surface area contributed by atoms with Crippen molar-refractivity contribution < 1.29 is 14.3 Å². The van der Waals surface area contributed by atoms with Crippen LogP contribution in [0.15, 0.2) is 0 Å². The molecule has 0 spiro atoms. The van der Waals surface area contributed by atoms with Crippen molar-refractivity contribution in [3.05, 3.63) is 0 Å². The molecule has 0 N–H and O–H groups in total. The highest BCUT2D eigenvalue weighted by Gasteiger charge is 2.04. The van der Waals surface area contributed by atoms with E-state index in [0.29, 0.717) is 13.0 Å². The van der Waals surface area contributed by atoms with E-state index in [9.17, 15) is 9.59 Å². The van der Waals surface area contributed by atoms with E-state index in [0.717, 1.165) is 4.90 Å². The van der Waals surface area contributed by atoms with E-state index < -0.39 is 0 Å². The molecular weight excluding hydrogens is 134 g/mol. The summed E-state index contributed by atoms with van der Waals surface area (Å²) in [6.45, 7) is 2.25. The Bertz CT molecular complexity index is 124. The van der Waals surface area contributed by atoms with Crippen LogP contribution in [0, 0.1) is 0 Å². The number of amides is 2. The van der Waals surface area contributed by atoms with Crippen molar-refractivity contribution in [1.82, 2.24) is 4.90 Å². The molecule has 0 heterocycles. The third-order valence-electron chi connectivity index (χ3n) is 0.981. The van der Waals surface area contributed by atoms with Gasteiger partial charge in [0.25, 0.3) is 5.91 Å². The summed E-state index contributed by atoms with van der Waals surface area (Å²) in [6, 6.07) is 0. The Morgan fingerprint density at radius 2 is 2.30 bits per heavy atom. The van der Waals surface area contributed by atoms with Gasteiger partial charge >= 0.3 is 0 Å². The predicted molar refractivity (Wildman–Crippen MR) is 35.3 cm³/mol. The van der Waals surface area contributed by atoms with Crippen molar-refractivity contribution in [1.29, 1.82) is 0 Å². The van der Waals surface area contributed by atoms with Crippen molar-refractivity contribution in [2.45, 2.75) is 6.92 Å². The number of carbonyl (C=O) groups excluding carboxylic acids is 2. The second kappa shape index (κ2) is 4.93. The molecule has 58 valence electrons. The van der Waals surface area contributed by atoms with E-state index in [1.54, 1.807) is 6.92 Å². The molecule has 10 heavy (non-hydrogen) atoms. The highest BCUT2D eigenvalue weighted by molar-refractivity contribution is 5.86. The zero-order valence-electron chi connectivity index (χ0n) is 6.16. The van der Waals surface area contributed by atoms with E-state index in [1.165, 1.54) is 7.05 Å². The number of hydrogen-bond acceptors (Lipinski definition) is 3. The molecule has 0 aliphatic heterocycles. The Hall–Kier alpha value is -0.900. The van der Waals surface area contributed by atoms with Crippen molar-refractivity contribution in [2.24, 2.45) is 0 Å². The number of carbonyl (C=O) groups is 2. The molecule has 0 aromatic carbocycles. The van der Waals surface area contributed by atoms with E-state index in [-0.39, 0.29) is 12.5 Å². The van der Waals surface area contributed by atoms with Gasteiger partial charge in [-0.25, -0.2) is 0 Å². The number of likely N-dealkylation sites (N-methyl/N-ethyl adjacent to an activating group) is 1. The summed E-state index contributed by atoms with van der Waals surface area (Å²) in [6.07, 6.45) is 0.460. The van der Waals surface area contributed by atoms with Gasteiger partial charge in [0.15, 0.2) is 0 Å². The molecule has 0 fully saturated rings. The fourth-order valence-corrected chi connectivity index (χ4v) is 0.350. The standard InChI is InChI=1S/C6H11NO3/c1-3-10-4-6(9)7(2)5-8/h5H,3-4H2,1-2H3. The van der Waals surface area contributed by atoms with Gasteiger partial charge in [-0.2, -0.15) is 0 Å². The molecule has 0 aromatic rings. The van der Waals surface area contributed by atoms with E-state index >= 15 is 0 Å². The van der Waals surface area contributed by atoms with Crippen LogP contribution in [0.4, 0.5) is 0 Å². The molecule has 0 radical (unpaired) electrons. The molecule has 0 atom stereocenters. The first kappa shape index (κ1) is 9.10. The molecule has 0 rings (SSSR count).